The lowest BCUT2D eigenvalue weighted by molar-refractivity contribution is 0.0280. The van der Waals surface area contributed by atoms with Gasteiger partial charge >= 0.3 is 0 Å². The van der Waals surface area contributed by atoms with Crippen molar-refractivity contribution in [3.05, 3.63) is 65.2 Å². The fourth-order valence-corrected chi connectivity index (χ4v) is 3.56. The Morgan fingerprint density at radius 1 is 1.24 bits per heavy atom. The topological polar surface area (TPSA) is 90.0 Å². The number of fused-ring (bicyclic) bond motifs is 3. The summed E-state index contributed by atoms with van der Waals surface area (Å²) in [6.45, 7) is 4.52. The minimum atomic E-state index is -1.18. The van der Waals surface area contributed by atoms with Crippen LogP contribution in [-0.4, -0.2) is 21.0 Å². The molecule has 0 radical (unpaired) electrons. The maximum Gasteiger partial charge on any atom is 0.265 e. The predicted octanol–water partition coefficient (Wildman–Crippen LogP) is 2.20. The molecular formula is C19H20N4O2. The molecule has 4 rings (SSSR count). The molecule has 25 heavy (non-hydrogen) atoms. The number of hydrogen-bond donors (Lipinski definition) is 4. The Kier molecular flexibility index (Phi) is 3.59. The Balaban J connectivity index is 1.90. The van der Waals surface area contributed by atoms with Gasteiger partial charge in [-0.15, -0.1) is 0 Å². The molecule has 1 aliphatic heterocycles. The maximum absolute atomic E-state index is 12.0. The Morgan fingerprint density at radius 3 is 2.80 bits per heavy atom. The molecule has 0 saturated heterocycles. The number of amides is 1. The van der Waals surface area contributed by atoms with Crippen LogP contribution in [0, 0.1) is 5.92 Å². The van der Waals surface area contributed by atoms with E-state index in [1.54, 1.807) is 12.5 Å². The highest BCUT2D eigenvalue weighted by Crippen LogP contribution is 2.37. The Morgan fingerprint density at radius 2 is 2.08 bits per heavy atom. The summed E-state index contributed by atoms with van der Waals surface area (Å²) in [6, 6.07) is 9.64. The fraction of sp³-hybridized carbons (Fsp3) is 0.263. The molecule has 2 heterocycles. The number of aromatic amines is 1. The summed E-state index contributed by atoms with van der Waals surface area (Å²) in [7, 11) is 0. The van der Waals surface area contributed by atoms with E-state index < -0.39 is 5.60 Å². The largest absolute Gasteiger partial charge is 0.378 e. The zero-order valence-electron chi connectivity index (χ0n) is 14.1. The van der Waals surface area contributed by atoms with Gasteiger partial charge in [0.2, 0.25) is 0 Å². The predicted molar refractivity (Wildman–Crippen MR) is 94.7 cm³/mol. The number of nitrogens with zero attached hydrogens (tertiary/aromatic N) is 1. The van der Waals surface area contributed by atoms with Crippen molar-refractivity contribution in [1.29, 1.82) is 0 Å². The van der Waals surface area contributed by atoms with E-state index in [-0.39, 0.29) is 11.8 Å². The van der Waals surface area contributed by atoms with E-state index in [1.807, 2.05) is 44.2 Å². The molecule has 3 aromatic rings. The van der Waals surface area contributed by atoms with Crippen LogP contribution in [0.4, 0.5) is 0 Å². The number of benzene rings is 2. The van der Waals surface area contributed by atoms with Crippen LogP contribution < -0.4 is 10.9 Å². The van der Waals surface area contributed by atoms with E-state index >= 15 is 0 Å². The first kappa shape index (κ1) is 15.8. The first-order valence-corrected chi connectivity index (χ1v) is 8.32. The Hall–Kier alpha value is -2.70. The van der Waals surface area contributed by atoms with Crippen LogP contribution in [0.1, 0.15) is 41.0 Å². The number of carbonyl (C=O) groups is 1. The van der Waals surface area contributed by atoms with Crippen molar-refractivity contribution in [2.45, 2.75) is 26.0 Å². The van der Waals surface area contributed by atoms with Gasteiger partial charge in [-0.1, -0.05) is 32.0 Å². The molecule has 0 saturated carbocycles. The smallest absolute Gasteiger partial charge is 0.265 e. The molecule has 6 heteroatoms. The molecule has 0 aliphatic carbocycles. The van der Waals surface area contributed by atoms with Crippen molar-refractivity contribution in [2.24, 2.45) is 5.92 Å². The normalized spacial score (nSPS) is 16.6. The third-order valence-corrected chi connectivity index (χ3v) is 5.01. The first-order chi connectivity index (χ1) is 12.0. The lowest BCUT2D eigenvalue weighted by Crippen LogP contribution is -2.42. The number of aliphatic hydroxyl groups is 1. The van der Waals surface area contributed by atoms with Gasteiger partial charge in [0.05, 0.1) is 12.0 Å². The summed E-state index contributed by atoms with van der Waals surface area (Å²) in [5.74, 6) is -0.180. The van der Waals surface area contributed by atoms with Gasteiger partial charge < -0.3 is 10.1 Å². The lowest BCUT2D eigenvalue weighted by atomic mass is 9.80. The zero-order valence-corrected chi connectivity index (χ0v) is 14.1. The molecule has 1 aromatic heterocycles. The van der Waals surface area contributed by atoms with Gasteiger partial charge in [0.1, 0.15) is 5.60 Å². The molecule has 1 aliphatic rings. The molecule has 6 nitrogen and oxygen atoms in total. The third-order valence-electron chi connectivity index (χ3n) is 5.01. The number of hydrazine groups is 1. The lowest BCUT2D eigenvalue weighted by Gasteiger charge is -2.31. The maximum atomic E-state index is 12.0. The second-order valence-corrected chi connectivity index (χ2v) is 6.71. The van der Waals surface area contributed by atoms with Gasteiger partial charge in [0.15, 0.2) is 0 Å². The number of hydrogen-bond acceptors (Lipinski definition) is 4. The molecule has 2 aromatic carbocycles. The summed E-state index contributed by atoms with van der Waals surface area (Å²) < 4.78 is 0. The highest BCUT2D eigenvalue weighted by Gasteiger charge is 2.37. The van der Waals surface area contributed by atoms with Crippen LogP contribution in [0.2, 0.25) is 0 Å². The van der Waals surface area contributed by atoms with Crippen molar-refractivity contribution in [3.63, 3.8) is 0 Å². The van der Waals surface area contributed by atoms with Crippen molar-refractivity contribution in [3.8, 4) is 0 Å². The van der Waals surface area contributed by atoms with Gasteiger partial charge in [-0.2, -0.15) is 0 Å². The summed E-state index contributed by atoms with van der Waals surface area (Å²) in [5.41, 5.74) is 7.40. The molecule has 1 atom stereocenters. The second-order valence-electron chi connectivity index (χ2n) is 6.71. The number of rotatable bonds is 3. The van der Waals surface area contributed by atoms with E-state index in [2.05, 4.69) is 20.8 Å². The van der Waals surface area contributed by atoms with E-state index in [4.69, 9.17) is 0 Å². The number of imidazole rings is 1. The van der Waals surface area contributed by atoms with Crippen LogP contribution in [0.25, 0.3) is 10.8 Å². The molecule has 128 valence electrons. The molecule has 1 amide bonds. The monoisotopic (exact) mass is 336 g/mol. The summed E-state index contributed by atoms with van der Waals surface area (Å²) in [4.78, 5) is 19.2. The second kappa shape index (κ2) is 5.68. The number of aromatic nitrogens is 2. The van der Waals surface area contributed by atoms with E-state index in [9.17, 15) is 9.90 Å². The van der Waals surface area contributed by atoms with Gasteiger partial charge in [-0.05, 0) is 39.9 Å². The molecular weight excluding hydrogens is 316 g/mol. The molecule has 0 spiro atoms. The molecule has 4 N–H and O–H groups in total. The van der Waals surface area contributed by atoms with Gasteiger partial charge in [-0.25, -0.2) is 10.4 Å². The van der Waals surface area contributed by atoms with Crippen molar-refractivity contribution in [2.75, 3.05) is 0 Å². The van der Waals surface area contributed by atoms with E-state index in [0.29, 0.717) is 17.8 Å². The number of carbonyl (C=O) groups excluding carboxylic acids is 1. The summed E-state index contributed by atoms with van der Waals surface area (Å²) in [5, 5.41) is 13.4. The SMILES string of the molecule is CC(C)C(O)(c1ccc2c3c(ccc2c1)C(=O)NNC3)c1c[nH]cn1. The van der Waals surface area contributed by atoms with Crippen LogP contribution in [0.3, 0.4) is 0 Å². The first-order valence-electron chi connectivity index (χ1n) is 8.32. The van der Waals surface area contributed by atoms with E-state index in [0.717, 1.165) is 21.9 Å². The van der Waals surface area contributed by atoms with Crippen LogP contribution >= 0.6 is 0 Å². The van der Waals surface area contributed by atoms with Gasteiger partial charge in [-0.3, -0.25) is 10.2 Å². The van der Waals surface area contributed by atoms with Gasteiger partial charge in [0.25, 0.3) is 5.91 Å². The molecule has 0 bridgehead atoms. The number of H-pyrrole nitrogens is 1. The van der Waals surface area contributed by atoms with Crippen LogP contribution in [0.5, 0.6) is 0 Å². The quantitative estimate of drug-likeness (QED) is 0.590. The Bertz CT molecular complexity index is 949. The summed E-state index contributed by atoms with van der Waals surface area (Å²) in [6.07, 6.45) is 3.30. The Labute approximate surface area is 145 Å². The molecule has 0 fully saturated rings. The van der Waals surface area contributed by atoms with Gasteiger partial charge in [0, 0.05) is 18.3 Å². The zero-order chi connectivity index (χ0) is 17.6. The average Bonchev–Trinajstić information content (AvgIpc) is 3.15. The van der Waals surface area contributed by atoms with Crippen LogP contribution in [-0.2, 0) is 12.1 Å². The van der Waals surface area contributed by atoms with Crippen molar-refractivity contribution >= 4 is 16.7 Å². The minimum Gasteiger partial charge on any atom is -0.378 e. The fourth-order valence-electron chi connectivity index (χ4n) is 3.56. The van der Waals surface area contributed by atoms with Crippen LogP contribution in [0.15, 0.2) is 42.9 Å². The average molecular weight is 336 g/mol. The summed E-state index contributed by atoms with van der Waals surface area (Å²) >= 11 is 0. The minimum absolute atomic E-state index is 0.0571. The third kappa shape index (κ3) is 2.33. The van der Waals surface area contributed by atoms with E-state index in [1.165, 1.54) is 0 Å². The van der Waals surface area contributed by atoms with Crippen molar-refractivity contribution < 1.29 is 9.90 Å². The highest BCUT2D eigenvalue weighted by atomic mass is 16.3. The standard InChI is InChI=1S/C19H20N4O2/c1-11(2)19(25,17-9-20-10-21-17)13-4-6-14-12(7-13)3-5-15-16(14)8-22-23-18(15)24/h3-7,9-11,22,25H,8H2,1-2H3,(H,20,21)(H,23,24). The van der Waals surface area contributed by atoms with Crippen molar-refractivity contribution in [1.82, 2.24) is 20.8 Å². The highest BCUT2D eigenvalue weighted by molar-refractivity contribution is 6.02. The molecule has 1 unspecified atom stereocenters. The number of nitrogens with one attached hydrogen (secondary N) is 3.